The monoisotopic (exact) mass is 272 g/mol. The lowest BCUT2D eigenvalue weighted by atomic mass is 9.94. The minimum absolute atomic E-state index is 0.0456. The fourth-order valence-corrected chi connectivity index (χ4v) is 2.48. The molecule has 2 rings (SSSR count). The number of rotatable bonds is 3. The molecule has 0 heterocycles. The summed E-state index contributed by atoms with van der Waals surface area (Å²) >= 11 is 0. The van der Waals surface area contributed by atoms with Crippen LogP contribution in [0.4, 0.5) is 13.2 Å². The molecule has 0 spiro atoms. The average molecular weight is 272 g/mol. The van der Waals surface area contributed by atoms with Gasteiger partial charge in [-0.1, -0.05) is 12.8 Å². The number of Topliss-reactive ketones (excluding diaryl/α,β-unsaturated/α-hetero) is 1. The molecule has 1 aliphatic rings. The Morgan fingerprint density at radius 1 is 1.26 bits per heavy atom. The van der Waals surface area contributed by atoms with Crippen LogP contribution in [0, 0.1) is 5.92 Å². The fourth-order valence-electron chi connectivity index (χ4n) is 2.48. The van der Waals surface area contributed by atoms with Crippen LogP contribution in [0.2, 0.25) is 0 Å². The van der Waals surface area contributed by atoms with Crippen LogP contribution in [0.5, 0.6) is 5.75 Å². The number of carbonyl (C=O) groups is 1. The average Bonchev–Trinajstić information content (AvgIpc) is 2.90. The third kappa shape index (κ3) is 2.91. The maximum absolute atomic E-state index is 12.7. The van der Waals surface area contributed by atoms with Crippen LogP contribution < -0.4 is 4.74 Å². The molecule has 0 amide bonds. The number of benzene rings is 1. The van der Waals surface area contributed by atoms with Crippen LogP contribution in [0.25, 0.3) is 0 Å². The summed E-state index contributed by atoms with van der Waals surface area (Å²) in [7, 11) is 1.36. The maximum Gasteiger partial charge on any atom is 0.416 e. The number of ether oxygens (including phenoxy) is 1. The molecule has 2 nitrogen and oxygen atoms in total. The van der Waals surface area contributed by atoms with E-state index in [2.05, 4.69) is 0 Å². The van der Waals surface area contributed by atoms with Crippen molar-refractivity contribution in [2.45, 2.75) is 31.9 Å². The van der Waals surface area contributed by atoms with Gasteiger partial charge in [-0.25, -0.2) is 0 Å². The second kappa shape index (κ2) is 5.23. The summed E-state index contributed by atoms with van der Waals surface area (Å²) in [6.07, 6.45) is -1.04. The highest BCUT2D eigenvalue weighted by molar-refractivity contribution is 6.00. The zero-order valence-corrected chi connectivity index (χ0v) is 10.6. The normalized spacial score (nSPS) is 16.6. The Bertz CT molecular complexity index is 474. The van der Waals surface area contributed by atoms with Crippen LogP contribution >= 0.6 is 0 Å². The molecule has 5 heteroatoms. The molecule has 1 aromatic carbocycles. The molecule has 0 aromatic heterocycles. The minimum atomic E-state index is -4.45. The first-order valence-corrected chi connectivity index (χ1v) is 6.23. The maximum atomic E-state index is 12.7. The Balaban J connectivity index is 2.38. The Hall–Kier alpha value is -1.52. The predicted molar refractivity (Wildman–Crippen MR) is 64.3 cm³/mol. The highest BCUT2D eigenvalue weighted by atomic mass is 19.4. The van der Waals surface area contributed by atoms with Crippen molar-refractivity contribution >= 4 is 5.78 Å². The van der Waals surface area contributed by atoms with Crippen molar-refractivity contribution < 1.29 is 22.7 Å². The zero-order valence-electron chi connectivity index (χ0n) is 10.6. The molecule has 0 aliphatic heterocycles. The molecule has 19 heavy (non-hydrogen) atoms. The summed E-state index contributed by atoms with van der Waals surface area (Å²) < 4.78 is 43.1. The van der Waals surface area contributed by atoms with Gasteiger partial charge in [0.25, 0.3) is 0 Å². The molecule has 1 aliphatic carbocycles. The van der Waals surface area contributed by atoms with Gasteiger partial charge in [-0.2, -0.15) is 13.2 Å². The second-order valence-corrected chi connectivity index (χ2v) is 4.76. The standard InChI is InChI=1S/C14H15F3O2/c1-19-12-7-6-10(14(15,16)17)8-11(12)13(18)9-4-2-3-5-9/h6-9H,2-5H2,1H3. The topological polar surface area (TPSA) is 26.3 Å². The van der Waals surface area contributed by atoms with Crippen molar-refractivity contribution in [3.05, 3.63) is 29.3 Å². The molecule has 1 fully saturated rings. The molecule has 1 aromatic rings. The SMILES string of the molecule is COc1ccc(C(F)(F)F)cc1C(=O)C1CCCC1. The van der Waals surface area contributed by atoms with Crippen molar-refractivity contribution in [3.63, 3.8) is 0 Å². The Labute approximate surface area is 109 Å². The molecule has 104 valence electrons. The number of methoxy groups -OCH3 is 1. The lowest BCUT2D eigenvalue weighted by molar-refractivity contribution is -0.137. The number of hydrogen-bond donors (Lipinski definition) is 0. The van der Waals surface area contributed by atoms with Gasteiger partial charge in [0.15, 0.2) is 5.78 Å². The lowest BCUT2D eigenvalue weighted by Gasteiger charge is -2.14. The quantitative estimate of drug-likeness (QED) is 0.775. The Morgan fingerprint density at radius 2 is 1.89 bits per heavy atom. The largest absolute Gasteiger partial charge is 0.496 e. The molecule has 0 bridgehead atoms. The van der Waals surface area contributed by atoms with Crippen LogP contribution in [-0.4, -0.2) is 12.9 Å². The Morgan fingerprint density at radius 3 is 2.42 bits per heavy atom. The number of carbonyl (C=O) groups excluding carboxylic acids is 1. The molecule has 1 saturated carbocycles. The highest BCUT2D eigenvalue weighted by Gasteiger charge is 2.33. The summed E-state index contributed by atoms with van der Waals surface area (Å²) in [5.41, 5.74) is -0.765. The van der Waals surface area contributed by atoms with Gasteiger partial charge in [0.2, 0.25) is 0 Å². The fraction of sp³-hybridized carbons (Fsp3) is 0.500. The smallest absolute Gasteiger partial charge is 0.416 e. The van der Waals surface area contributed by atoms with Crippen molar-refractivity contribution in [1.82, 2.24) is 0 Å². The minimum Gasteiger partial charge on any atom is -0.496 e. The van der Waals surface area contributed by atoms with Crippen molar-refractivity contribution in [3.8, 4) is 5.75 Å². The number of halogens is 3. The van der Waals surface area contributed by atoms with E-state index in [1.54, 1.807) is 0 Å². The van der Waals surface area contributed by atoms with Gasteiger partial charge in [-0.05, 0) is 31.0 Å². The van der Waals surface area contributed by atoms with Crippen LogP contribution in [0.15, 0.2) is 18.2 Å². The molecular weight excluding hydrogens is 257 g/mol. The van der Waals surface area contributed by atoms with Gasteiger partial charge in [0.1, 0.15) is 5.75 Å². The molecular formula is C14H15F3O2. The van der Waals surface area contributed by atoms with Gasteiger partial charge in [0, 0.05) is 5.92 Å². The number of hydrogen-bond acceptors (Lipinski definition) is 2. The van der Waals surface area contributed by atoms with Crippen LogP contribution in [0.3, 0.4) is 0 Å². The Kier molecular flexibility index (Phi) is 3.83. The van der Waals surface area contributed by atoms with Crippen molar-refractivity contribution in [1.29, 1.82) is 0 Å². The zero-order chi connectivity index (χ0) is 14.0. The molecule has 0 radical (unpaired) electrons. The summed E-state index contributed by atoms with van der Waals surface area (Å²) in [5, 5.41) is 0. The van der Waals surface area contributed by atoms with Crippen molar-refractivity contribution in [2.24, 2.45) is 5.92 Å². The third-order valence-corrected chi connectivity index (χ3v) is 3.52. The molecule has 0 saturated heterocycles. The lowest BCUT2D eigenvalue weighted by Crippen LogP contribution is -2.14. The van der Waals surface area contributed by atoms with E-state index in [-0.39, 0.29) is 23.0 Å². The summed E-state index contributed by atoms with van der Waals surface area (Å²) in [6.45, 7) is 0. The van der Waals surface area contributed by atoms with Gasteiger partial charge >= 0.3 is 6.18 Å². The van der Waals surface area contributed by atoms with E-state index in [0.717, 1.165) is 37.8 Å². The van der Waals surface area contributed by atoms with Gasteiger partial charge in [-0.15, -0.1) is 0 Å². The second-order valence-electron chi connectivity index (χ2n) is 4.76. The molecule has 0 unspecified atom stereocenters. The first-order chi connectivity index (χ1) is 8.93. The highest BCUT2D eigenvalue weighted by Crippen LogP contribution is 2.35. The summed E-state index contributed by atoms with van der Waals surface area (Å²) in [5.74, 6) is -0.192. The van der Waals surface area contributed by atoms with Crippen molar-refractivity contribution in [2.75, 3.05) is 7.11 Å². The van der Waals surface area contributed by atoms with Gasteiger partial charge < -0.3 is 4.74 Å². The molecule has 0 N–H and O–H groups in total. The summed E-state index contributed by atoms with van der Waals surface area (Å²) in [6, 6.07) is 3.05. The van der Waals surface area contributed by atoms with E-state index >= 15 is 0 Å². The summed E-state index contributed by atoms with van der Waals surface area (Å²) in [4.78, 5) is 12.3. The van der Waals surface area contributed by atoms with Crippen LogP contribution in [0.1, 0.15) is 41.6 Å². The van der Waals surface area contributed by atoms with E-state index in [4.69, 9.17) is 4.74 Å². The third-order valence-electron chi connectivity index (χ3n) is 3.52. The van der Waals surface area contributed by atoms with Crippen LogP contribution in [-0.2, 0) is 6.18 Å². The van der Waals surface area contributed by atoms with E-state index in [1.807, 2.05) is 0 Å². The first-order valence-electron chi connectivity index (χ1n) is 6.23. The predicted octanol–water partition coefficient (Wildman–Crippen LogP) is 4.09. The van der Waals surface area contributed by atoms with E-state index in [1.165, 1.54) is 13.2 Å². The molecule has 0 atom stereocenters. The van der Waals surface area contributed by atoms with E-state index in [9.17, 15) is 18.0 Å². The first kappa shape index (κ1) is 13.9. The van der Waals surface area contributed by atoms with E-state index in [0.29, 0.717) is 0 Å². The van der Waals surface area contributed by atoms with E-state index < -0.39 is 11.7 Å². The van der Waals surface area contributed by atoms with Gasteiger partial charge in [0.05, 0.1) is 18.2 Å². The number of ketones is 1. The van der Waals surface area contributed by atoms with Gasteiger partial charge in [-0.3, -0.25) is 4.79 Å². The number of alkyl halides is 3.